The highest BCUT2D eigenvalue weighted by atomic mass is 32.1. The molecule has 0 spiro atoms. The predicted molar refractivity (Wildman–Crippen MR) is 122 cm³/mol. The molecule has 3 N–H and O–H groups in total. The van der Waals surface area contributed by atoms with Crippen LogP contribution in [0.2, 0.25) is 0 Å². The first kappa shape index (κ1) is 22.5. The van der Waals surface area contributed by atoms with Crippen molar-refractivity contribution in [1.29, 1.82) is 0 Å². The van der Waals surface area contributed by atoms with Gasteiger partial charge in [0.2, 0.25) is 0 Å². The highest BCUT2D eigenvalue weighted by molar-refractivity contribution is 7.15. The third-order valence-electron chi connectivity index (χ3n) is 4.38. The summed E-state index contributed by atoms with van der Waals surface area (Å²) in [5, 5.41) is 1.10. The van der Waals surface area contributed by atoms with E-state index in [1.54, 1.807) is 5.32 Å². The molecule has 13 heteroatoms. The lowest BCUT2D eigenvalue weighted by molar-refractivity contribution is 0.00731. The number of hydrogen-bond donors (Lipinski definition) is 2. The van der Waals surface area contributed by atoms with Gasteiger partial charge in [0.05, 0.1) is 16.7 Å². The van der Waals surface area contributed by atoms with E-state index < -0.39 is 86.1 Å². The number of thiazole rings is 1. The van der Waals surface area contributed by atoms with Crippen molar-refractivity contribution in [3.8, 4) is 16.9 Å². The van der Waals surface area contributed by atoms with E-state index in [-0.39, 0.29) is 5.75 Å². The number of hydrogen-bond acceptors (Lipinski definition) is 7. The van der Waals surface area contributed by atoms with Gasteiger partial charge in [-0.3, -0.25) is 9.59 Å². The second-order valence-electron chi connectivity index (χ2n) is 8.15. The molecule has 0 saturated carbocycles. The van der Waals surface area contributed by atoms with Crippen LogP contribution in [-0.4, -0.2) is 35.4 Å². The fourth-order valence-corrected chi connectivity index (χ4v) is 3.72. The maximum atomic E-state index is 15.0. The number of carbonyl (C=O) groups is 3. The van der Waals surface area contributed by atoms with Gasteiger partial charge in [0, 0.05) is 0 Å². The minimum Gasteiger partial charge on any atom is -0.497 e. The molecule has 36 heavy (non-hydrogen) atoms. The van der Waals surface area contributed by atoms with E-state index in [2.05, 4.69) is 9.72 Å². The molecular formula is C23H19F4N3O5S. The molecule has 8 nitrogen and oxygen atoms in total. The summed E-state index contributed by atoms with van der Waals surface area (Å²) >= 11 is 0.366. The van der Waals surface area contributed by atoms with E-state index in [0.29, 0.717) is 11.3 Å². The van der Waals surface area contributed by atoms with Gasteiger partial charge >= 0.3 is 5.97 Å². The van der Waals surface area contributed by atoms with E-state index in [4.69, 9.17) is 14.6 Å². The van der Waals surface area contributed by atoms with E-state index in [0.717, 1.165) is 24.3 Å². The maximum absolute atomic E-state index is 15.0. The SMILES string of the molecule is [2H]C([2H])([2H])Oc1cccc(-c2c(F)c(F)c(NC(=O)c3nc(C(N)=O)sc3C(=O)OC(C)(C)C)c(F)c2F)c1. The van der Waals surface area contributed by atoms with Crippen molar-refractivity contribution in [1.82, 2.24) is 4.98 Å². The van der Waals surface area contributed by atoms with Crippen molar-refractivity contribution in [2.24, 2.45) is 5.73 Å². The zero-order chi connectivity index (χ0) is 29.4. The van der Waals surface area contributed by atoms with Crippen molar-refractivity contribution in [3.05, 3.63) is 63.1 Å². The maximum Gasteiger partial charge on any atom is 0.351 e. The van der Waals surface area contributed by atoms with Gasteiger partial charge in [-0.05, 0) is 38.5 Å². The van der Waals surface area contributed by atoms with Gasteiger partial charge in [0.15, 0.2) is 34.0 Å². The lowest BCUT2D eigenvalue weighted by atomic mass is 10.0. The smallest absolute Gasteiger partial charge is 0.351 e. The fraction of sp³-hybridized carbons (Fsp3) is 0.217. The number of amides is 2. The van der Waals surface area contributed by atoms with Crippen molar-refractivity contribution < 1.29 is 45.5 Å². The molecule has 3 aromatic rings. The van der Waals surface area contributed by atoms with Crippen molar-refractivity contribution in [2.45, 2.75) is 26.4 Å². The highest BCUT2D eigenvalue weighted by Crippen LogP contribution is 2.36. The molecule has 2 amide bonds. The number of carbonyl (C=O) groups excluding carboxylic acids is 3. The molecule has 0 aliphatic heterocycles. The van der Waals surface area contributed by atoms with Crippen LogP contribution in [0, 0.1) is 23.3 Å². The van der Waals surface area contributed by atoms with E-state index >= 15 is 0 Å². The molecule has 0 saturated heterocycles. The van der Waals surface area contributed by atoms with Crippen molar-refractivity contribution in [3.63, 3.8) is 0 Å². The zero-order valence-corrected chi connectivity index (χ0v) is 19.6. The Bertz CT molecular complexity index is 1460. The zero-order valence-electron chi connectivity index (χ0n) is 21.8. The standard InChI is InChI=1S/C23H19F4N3O5S/c1-23(2,3)35-22(33)18-17(30-21(36-18)19(28)31)20(32)29-16-14(26)12(24)11(13(25)15(16)27)9-6-5-7-10(8-9)34-4/h5-8H,1-4H3,(H2,28,31)(H,29,32)/i4D3. The van der Waals surface area contributed by atoms with E-state index in [1.165, 1.54) is 20.8 Å². The average molecular weight is 528 g/mol. The van der Waals surface area contributed by atoms with E-state index in [1.807, 2.05) is 0 Å². The van der Waals surface area contributed by atoms with Crippen LogP contribution in [0.3, 0.4) is 0 Å². The number of ether oxygens (including phenoxy) is 2. The number of rotatable bonds is 6. The molecule has 1 heterocycles. The monoisotopic (exact) mass is 528 g/mol. The quantitative estimate of drug-likeness (QED) is 0.272. The van der Waals surface area contributed by atoms with Crippen LogP contribution < -0.4 is 15.8 Å². The van der Waals surface area contributed by atoms with Gasteiger partial charge in [-0.1, -0.05) is 12.1 Å². The van der Waals surface area contributed by atoms with Gasteiger partial charge in [-0.15, -0.1) is 11.3 Å². The number of methoxy groups -OCH3 is 1. The molecule has 1 aromatic heterocycles. The van der Waals surface area contributed by atoms with Crippen molar-refractivity contribution >= 4 is 34.8 Å². The number of primary amides is 1. The number of anilines is 1. The Morgan fingerprint density at radius 1 is 1.08 bits per heavy atom. The molecule has 0 atom stereocenters. The van der Waals surface area contributed by atoms with Crippen LogP contribution >= 0.6 is 11.3 Å². The summed E-state index contributed by atoms with van der Waals surface area (Å²) in [6.45, 7) is 4.51. The second kappa shape index (κ2) is 9.93. The van der Waals surface area contributed by atoms with Gasteiger partial charge in [0.25, 0.3) is 11.8 Å². The third-order valence-corrected chi connectivity index (χ3v) is 5.43. The van der Waals surface area contributed by atoms with Crippen LogP contribution in [0.15, 0.2) is 24.3 Å². The molecule has 0 unspecified atom stereocenters. The molecule has 190 valence electrons. The number of nitrogens with two attached hydrogens (primary N) is 1. The Hall–Kier alpha value is -4.00. The lowest BCUT2D eigenvalue weighted by Crippen LogP contribution is -2.25. The molecular weight excluding hydrogens is 506 g/mol. The molecule has 0 aliphatic carbocycles. The summed E-state index contributed by atoms with van der Waals surface area (Å²) in [5.74, 6) is -12.0. The first-order valence-electron chi connectivity index (χ1n) is 11.4. The molecule has 0 radical (unpaired) electrons. The summed E-state index contributed by atoms with van der Waals surface area (Å²) < 4.78 is 91.0. The number of nitrogens with one attached hydrogen (secondary N) is 1. The summed E-state index contributed by atoms with van der Waals surface area (Å²) in [6.07, 6.45) is 0. The number of aromatic nitrogens is 1. The Morgan fingerprint density at radius 2 is 1.72 bits per heavy atom. The fourth-order valence-electron chi connectivity index (χ4n) is 2.92. The van der Waals surface area contributed by atoms with Crippen LogP contribution in [0.5, 0.6) is 5.75 Å². The summed E-state index contributed by atoms with van der Waals surface area (Å²) in [5.41, 5.74) is 0.0263. The average Bonchev–Trinajstić information content (AvgIpc) is 3.25. The number of halogens is 4. The predicted octanol–water partition coefficient (Wildman–Crippen LogP) is 4.68. The summed E-state index contributed by atoms with van der Waals surface area (Å²) in [4.78, 5) is 40.0. The molecule has 0 aliphatic rings. The van der Waals surface area contributed by atoms with Gasteiger partial charge in [-0.2, -0.15) is 0 Å². The molecule has 2 aromatic carbocycles. The third kappa shape index (κ3) is 5.30. The topological polar surface area (TPSA) is 121 Å². The molecule has 0 bridgehead atoms. The van der Waals surface area contributed by atoms with E-state index in [9.17, 15) is 31.9 Å². The first-order chi connectivity index (χ1) is 17.9. The van der Waals surface area contributed by atoms with Gasteiger partial charge < -0.3 is 20.5 Å². The molecule has 3 rings (SSSR count). The second-order valence-corrected chi connectivity index (χ2v) is 9.15. The number of benzene rings is 2. The van der Waals surface area contributed by atoms with Gasteiger partial charge in [0.1, 0.15) is 21.9 Å². The highest BCUT2D eigenvalue weighted by Gasteiger charge is 2.32. The summed E-state index contributed by atoms with van der Waals surface area (Å²) in [7, 11) is -2.91. The summed E-state index contributed by atoms with van der Waals surface area (Å²) in [6, 6.07) is 4.17. The Morgan fingerprint density at radius 3 is 2.28 bits per heavy atom. The Labute approximate surface area is 210 Å². The largest absolute Gasteiger partial charge is 0.497 e. The minimum absolute atomic E-state index is 0.366. The van der Waals surface area contributed by atoms with Crippen molar-refractivity contribution in [2.75, 3.05) is 12.4 Å². The van der Waals surface area contributed by atoms with Crippen LogP contribution in [-0.2, 0) is 4.74 Å². The first-order valence-corrected chi connectivity index (χ1v) is 10.7. The Kier molecular flexibility index (Phi) is 6.20. The van der Waals surface area contributed by atoms with Gasteiger partial charge in [-0.25, -0.2) is 27.3 Å². The van der Waals surface area contributed by atoms with Crippen LogP contribution in [0.4, 0.5) is 23.2 Å². The lowest BCUT2D eigenvalue weighted by Gasteiger charge is -2.19. The number of esters is 1. The normalized spacial score (nSPS) is 12.8. The van der Waals surface area contributed by atoms with Crippen LogP contribution in [0.25, 0.3) is 11.1 Å². The number of nitrogens with zero attached hydrogens (tertiary/aromatic N) is 1. The van der Waals surface area contributed by atoms with Crippen LogP contribution in [0.1, 0.15) is 54.8 Å². The minimum atomic E-state index is -2.91. The molecule has 0 fully saturated rings. The Balaban J connectivity index is 2.05.